The molecule has 1 N–H and O–H groups in total. The highest BCUT2D eigenvalue weighted by Gasteiger charge is 2.24. The van der Waals surface area contributed by atoms with Crippen molar-refractivity contribution in [3.63, 3.8) is 0 Å². The number of rotatable bonds is 5. The molecule has 2 amide bonds. The Morgan fingerprint density at radius 2 is 1.89 bits per heavy atom. The van der Waals surface area contributed by atoms with Crippen molar-refractivity contribution in [2.45, 2.75) is 33.1 Å². The number of nitrogens with zero attached hydrogens (tertiary/aromatic N) is 1. The minimum atomic E-state index is -1.06. The number of aryl methyl sites for hydroxylation is 1. The van der Waals surface area contributed by atoms with E-state index < -0.39 is 17.5 Å². The molecule has 6 heteroatoms. The number of amides is 2. The number of halogens is 2. The van der Waals surface area contributed by atoms with Gasteiger partial charge in [0.2, 0.25) is 5.91 Å². The molecule has 0 radical (unpaired) electrons. The molecule has 1 aliphatic heterocycles. The van der Waals surface area contributed by atoms with E-state index in [4.69, 9.17) is 0 Å². The molecule has 3 rings (SSSR count). The molecule has 0 fully saturated rings. The average Bonchev–Trinajstić information content (AvgIpc) is 2.63. The molecule has 0 spiro atoms. The SMILES string of the molecule is CC(C)CCN1C(=O)CCc2cc(NC(=O)c3ccc(F)c(F)c3)ccc21. The molecule has 0 aliphatic carbocycles. The van der Waals surface area contributed by atoms with Crippen LogP contribution in [0, 0.1) is 17.6 Å². The third kappa shape index (κ3) is 4.32. The number of hydrogen-bond acceptors (Lipinski definition) is 2. The zero-order chi connectivity index (χ0) is 19.6. The van der Waals surface area contributed by atoms with Crippen LogP contribution in [0.2, 0.25) is 0 Å². The van der Waals surface area contributed by atoms with Gasteiger partial charge in [-0.3, -0.25) is 9.59 Å². The lowest BCUT2D eigenvalue weighted by Gasteiger charge is -2.30. The van der Waals surface area contributed by atoms with E-state index >= 15 is 0 Å². The predicted octanol–water partition coefficient (Wildman–Crippen LogP) is 4.54. The van der Waals surface area contributed by atoms with E-state index in [1.807, 2.05) is 12.1 Å². The first kappa shape index (κ1) is 19.0. The van der Waals surface area contributed by atoms with Gasteiger partial charge < -0.3 is 10.2 Å². The summed E-state index contributed by atoms with van der Waals surface area (Å²) in [6, 6.07) is 8.41. The van der Waals surface area contributed by atoms with Crippen molar-refractivity contribution in [3.05, 3.63) is 59.2 Å². The molecule has 1 aliphatic rings. The first-order valence-corrected chi connectivity index (χ1v) is 9.05. The topological polar surface area (TPSA) is 49.4 Å². The monoisotopic (exact) mass is 372 g/mol. The maximum absolute atomic E-state index is 13.3. The molecular formula is C21H22F2N2O2. The normalized spacial score (nSPS) is 13.7. The third-order valence-corrected chi connectivity index (χ3v) is 4.65. The van der Waals surface area contributed by atoms with Gasteiger partial charge in [-0.05, 0) is 60.7 Å². The van der Waals surface area contributed by atoms with Crippen LogP contribution in [0.5, 0.6) is 0 Å². The highest BCUT2D eigenvalue weighted by molar-refractivity contribution is 6.04. The molecule has 0 saturated carbocycles. The molecule has 0 unspecified atom stereocenters. The van der Waals surface area contributed by atoms with Crippen molar-refractivity contribution in [2.75, 3.05) is 16.8 Å². The molecular weight excluding hydrogens is 350 g/mol. The van der Waals surface area contributed by atoms with Crippen molar-refractivity contribution in [1.82, 2.24) is 0 Å². The van der Waals surface area contributed by atoms with Crippen LogP contribution in [-0.4, -0.2) is 18.4 Å². The molecule has 0 atom stereocenters. The zero-order valence-corrected chi connectivity index (χ0v) is 15.4. The first-order chi connectivity index (χ1) is 12.8. The lowest BCUT2D eigenvalue weighted by Crippen LogP contribution is -2.36. The second-order valence-corrected chi connectivity index (χ2v) is 7.15. The number of benzene rings is 2. The molecule has 0 saturated heterocycles. The fraction of sp³-hybridized carbons (Fsp3) is 0.333. The number of fused-ring (bicyclic) bond motifs is 1. The number of nitrogens with one attached hydrogen (secondary N) is 1. The van der Waals surface area contributed by atoms with E-state index in [1.54, 1.807) is 11.0 Å². The Hall–Kier alpha value is -2.76. The number of carbonyl (C=O) groups is 2. The molecule has 1 heterocycles. The van der Waals surface area contributed by atoms with Crippen LogP contribution in [0.15, 0.2) is 36.4 Å². The van der Waals surface area contributed by atoms with E-state index in [0.29, 0.717) is 31.0 Å². The summed E-state index contributed by atoms with van der Waals surface area (Å²) in [6.07, 6.45) is 1.96. The Bertz CT molecular complexity index is 880. The van der Waals surface area contributed by atoms with Gasteiger partial charge in [-0.15, -0.1) is 0 Å². The van der Waals surface area contributed by atoms with Crippen LogP contribution < -0.4 is 10.2 Å². The minimum Gasteiger partial charge on any atom is -0.322 e. The Balaban J connectivity index is 1.78. The summed E-state index contributed by atoms with van der Waals surface area (Å²) < 4.78 is 26.3. The summed E-state index contributed by atoms with van der Waals surface area (Å²) in [5.41, 5.74) is 2.46. The average molecular weight is 372 g/mol. The predicted molar refractivity (Wildman–Crippen MR) is 101 cm³/mol. The van der Waals surface area contributed by atoms with Gasteiger partial charge >= 0.3 is 0 Å². The molecule has 142 valence electrons. The maximum Gasteiger partial charge on any atom is 0.255 e. The summed E-state index contributed by atoms with van der Waals surface area (Å²) in [6.45, 7) is 4.91. The van der Waals surface area contributed by atoms with Gasteiger partial charge in [0, 0.05) is 29.9 Å². The molecule has 0 aromatic heterocycles. The van der Waals surface area contributed by atoms with Gasteiger partial charge in [0.1, 0.15) is 0 Å². The summed E-state index contributed by atoms with van der Waals surface area (Å²) in [5.74, 6) is -1.96. The van der Waals surface area contributed by atoms with Gasteiger partial charge in [0.05, 0.1) is 0 Å². The van der Waals surface area contributed by atoms with Crippen LogP contribution in [-0.2, 0) is 11.2 Å². The number of carbonyl (C=O) groups excluding carboxylic acids is 2. The van der Waals surface area contributed by atoms with Gasteiger partial charge in [0.25, 0.3) is 5.91 Å². The van der Waals surface area contributed by atoms with Crippen molar-refractivity contribution < 1.29 is 18.4 Å². The smallest absolute Gasteiger partial charge is 0.255 e. The van der Waals surface area contributed by atoms with Crippen LogP contribution in [0.25, 0.3) is 0 Å². The van der Waals surface area contributed by atoms with Crippen LogP contribution in [0.1, 0.15) is 42.6 Å². The largest absolute Gasteiger partial charge is 0.322 e. The van der Waals surface area contributed by atoms with Crippen molar-refractivity contribution >= 4 is 23.2 Å². The van der Waals surface area contributed by atoms with Crippen LogP contribution >= 0.6 is 0 Å². The Labute approximate surface area is 157 Å². The molecule has 4 nitrogen and oxygen atoms in total. The molecule has 2 aromatic rings. The van der Waals surface area contributed by atoms with E-state index in [9.17, 15) is 18.4 Å². The second-order valence-electron chi connectivity index (χ2n) is 7.15. The Morgan fingerprint density at radius 3 is 2.59 bits per heavy atom. The van der Waals surface area contributed by atoms with E-state index in [-0.39, 0.29) is 11.5 Å². The lowest BCUT2D eigenvalue weighted by atomic mass is 9.99. The van der Waals surface area contributed by atoms with E-state index in [2.05, 4.69) is 19.2 Å². The highest BCUT2D eigenvalue weighted by atomic mass is 19.2. The van der Waals surface area contributed by atoms with Gasteiger partial charge in [-0.25, -0.2) is 8.78 Å². The summed E-state index contributed by atoms with van der Waals surface area (Å²) in [7, 11) is 0. The summed E-state index contributed by atoms with van der Waals surface area (Å²) in [4.78, 5) is 26.3. The Kier molecular flexibility index (Phi) is 5.54. The van der Waals surface area contributed by atoms with Gasteiger partial charge in [0.15, 0.2) is 11.6 Å². The van der Waals surface area contributed by atoms with Crippen LogP contribution in [0.3, 0.4) is 0 Å². The van der Waals surface area contributed by atoms with Gasteiger partial charge in [-0.1, -0.05) is 13.8 Å². The second kappa shape index (κ2) is 7.86. The van der Waals surface area contributed by atoms with Crippen molar-refractivity contribution in [1.29, 1.82) is 0 Å². The quantitative estimate of drug-likeness (QED) is 0.838. The molecule has 0 bridgehead atoms. The first-order valence-electron chi connectivity index (χ1n) is 9.05. The van der Waals surface area contributed by atoms with Crippen molar-refractivity contribution in [3.8, 4) is 0 Å². The molecule has 2 aromatic carbocycles. The van der Waals surface area contributed by atoms with Crippen molar-refractivity contribution in [2.24, 2.45) is 5.92 Å². The fourth-order valence-electron chi connectivity index (χ4n) is 3.11. The number of hydrogen-bond donors (Lipinski definition) is 1. The minimum absolute atomic E-state index is 0.0420. The summed E-state index contributed by atoms with van der Waals surface area (Å²) >= 11 is 0. The van der Waals surface area contributed by atoms with Crippen LogP contribution in [0.4, 0.5) is 20.2 Å². The fourth-order valence-corrected chi connectivity index (χ4v) is 3.11. The number of anilines is 2. The zero-order valence-electron chi connectivity index (χ0n) is 15.4. The third-order valence-electron chi connectivity index (χ3n) is 4.65. The van der Waals surface area contributed by atoms with Gasteiger partial charge in [-0.2, -0.15) is 0 Å². The maximum atomic E-state index is 13.3. The molecule has 27 heavy (non-hydrogen) atoms. The van der Waals surface area contributed by atoms with E-state index in [1.165, 1.54) is 6.07 Å². The standard InChI is InChI=1S/C21H22F2N2O2/c1-13(2)9-10-25-19-7-5-16(11-14(19)4-8-20(25)26)24-21(27)15-3-6-17(22)18(23)12-15/h3,5-7,11-13H,4,8-10H2,1-2H3,(H,24,27). The van der Waals surface area contributed by atoms with E-state index in [0.717, 1.165) is 29.8 Å². The highest BCUT2D eigenvalue weighted by Crippen LogP contribution is 2.31. The Morgan fingerprint density at radius 1 is 1.11 bits per heavy atom. The lowest BCUT2D eigenvalue weighted by molar-refractivity contribution is -0.118. The summed E-state index contributed by atoms with van der Waals surface area (Å²) in [5, 5.41) is 2.70.